The van der Waals surface area contributed by atoms with Gasteiger partial charge in [-0.3, -0.25) is 4.79 Å². The van der Waals surface area contributed by atoms with E-state index in [4.69, 9.17) is 0 Å². The molecule has 0 saturated heterocycles. The number of nitrogens with one attached hydrogen (secondary N) is 1. The van der Waals surface area contributed by atoms with Gasteiger partial charge in [0.1, 0.15) is 11.6 Å². The highest BCUT2D eigenvalue weighted by Crippen LogP contribution is 2.18. The molecule has 126 valence electrons. The summed E-state index contributed by atoms with van der Waals surface area (Å²) in [6, 6.07) is 14.0. The first-order valence-electron chi connectivity index (χ1n) is 7.79. The van der Waals surface area contributed by atoms with Crippen LogP contribution in [0, 0.1) is 13.8 Å². The number of pyridine rings is 1. The number of nitrogens with zero attached hydrogens (tertiary/aromatic N) is 3. The number of hydrazone groups is 1. The van der Waals surface area contributed by atoms with E-state index in [0.717, 1.165) is 22.8 Å². The van der Waals surface area contributed by atoms with E-state index in [0.29, 0.717) is 0 Å². The predicted octanol–water partition coefficient (Wildman–Crippen LogP) is 2.96. The number of aromatic hydroxyl groups is 1. The molecule has 0 saturated carbocycles. The Hall–Kier alpha value is -3.41. The number of phenols is 1. The lowest BCUT2D eigenvalue weighted by atomic mass is 10.2. The topological polar surface area (TPSA) is 79.5 Å². The highest BCUT2D eigenvalue weighted by Gasteiger charge is 2.11. The Kier molecular flexibility index (Phi) is 4.61. The zero-order valence-electron chi connectivity index (χ0n) is 14.0. The molecule has 0 unspecified atom stereocenters. The molecule has 2 N–H and O–H groups in total. The van der Waals surface area contributed by atoms with Crippen LogP contribution in [0.2, 0.25) is 0 Å². The van der Waals surface area contributed by atoms with Gasteiger partial charge in [-0.2, -0.15) is 5.10 Å². The van der Waals surface area contributed by atoms with Crippen LogP contribution in [-0.2, 0) is 0 Å². The van der Waals surface area contributed by atoms with Crippen LogP contribution in [0.1, 0.15) is 27.3 Å². The smallest absolute Gasteiger partial charge is 0.275 e. The van der Waals surface area contributed by atoms with Crippen molar-refractivity contribution in [1.82, 2.24) is 15.0 Å². The van der Waals surface area contributed by atoms with Crippen molar-refractivity contribution in [3.05, 3.63) is 77.2 Å². The van der Waals surface area contributed by atoms with Crippen LogP contribution in [0.25, 0.3) is 5.82 Å². The number of aryl methyl sites for hydroxylation is 1. The monoisotopic (exact) mass is 334 g/mol. The molecule has 0 aliphatic carbocycles. The molecule has 0 fully saturated rings. The molecule has 0 aliphatic rings. The van der Waals surface area contributed by atoms with Crippen LogP contribution in [0.5, 0.6) is 5.75 Å². The Balaban J connectivity index is 1.79. The van der Waals surface area contributed by atoms with Gasteiger partial charge in [-0.05, 0) is 44.2 Å². The minimum Gasteiger partial charge on any atom is -0.507 e. The van der Waals surface area contributed by atoms with Crippen molar-refractivity contribution in [1.29, 1.82) is 0 Å². The van der Waals surface area contributed by atoms with Gasteiger partial charge in [0.2, 0.25) is 0 Å². The average molecular weight is 334 g/mol. The molecule has 6 heteroatoms. The van der Waals surface area contributed by atoms with E-state index >= 15 is 0 Å². The third kappa shape index (κ3) is 3.42. The van der Waals surface area contributed by atoms with Crippen LogP contribution in [0.3, 0.4) is 0 Å². The number of phenolic OH excluding ortho intramolecular Hbond substituents is 1. The van der Waals surface area contributed by atoms with E-state index < -0.39 is 5.91 Å². The molecule has 6 nitrogen and oxygen atoms in total. The molecule has 25 heavy (non-hydrogen) atoms. The zero-order valence-corrected chi connectivity index (χ0v) is 14.0. The Morgan fingerprint density at radius 1 is 1.20 bits per heavy atom. The Morgan fingerprint density at radius 2 is 1.96 bits per heavy atom. The molecule has 3 aromatic rings. The van der Waals surface area contributed by atoms with Gasteiger partial charge >= 0.3 is 0 Å². The summed E-state index contributed by atoms with van der Waals surface area (Å²) in [6.45, 7) is 3.95. The lowest BCUT2D eigenvalue weighted by Gasteiger charge is -2.07. The molecule has 1 aromatic carbocycles. The number of benzene rings is 1. The second kappa shape index (κ2) is 7.00. The fraction of sp³-hybridized carbons (Fsp3) is 0.105. The first kappa shape index (κ1) is 16.4. The highest BCUT2D eigenvalue weighted by atomic mass is 16.3. The number of rotatable bonds is 4. The van der Waals surface area contributed by atoms with E-state index in [2.05, 4.69) is 15.5 Å². The van der Waals surface area contributed by atoms with E-state index in [1.165, 1.54) is 12.1 Å². The summed E-state index contributed by atoms with van der Waals surface area (Å²) in [5.41, 5.74) is 5.47. The van der Waals surface area contributed by atoms with E-state index in [9.17, 15) is 9.90 Å². The number of hydrogen-bond donors (Lipinski definition) is 2. The molecular weight excluding hydrogens is 316 g/mol. The number of hydrogen-bond acceptors (Lipinski definition) is 4. The minimum atomic E-state index is -0.465. The van der Waals surface area contributed by atoms with Crippen LogP contribution < -0.4 is 5.43 Å². The SMILES string of the molecule is Cc1cc(/C=N\NC(=O)c2ccccc2O)c(C)n1-c1ccccn1. The molecule has 3 rings (SSSR count). The van der Waals surface area contributed by atoms with E-state index in [-0.39, 0.29) is 11.3 Å². The van der Waals surface area contributed by atoms with Crippen molar-refractivity contribution in [2.45, 2.75) is 13.8 Å². The van der Waals surface area contributed by atoms with E-state index in [1.54, 1.807) is 24.5 Å². The van der Waals surface area contributed by atoms with Crippen molar-refractivity contribution >= 4 is 12.1 Å². The highest BCUT2D eigenvalue weighted by molar-refractivity contribution is 5.97. The van der Waals surface area contributed by atoms with Gasteiger partial charge in [0, 0.05) is 23.1 Å². The zero-order chi connectivity index (χ0) is 17.8. The molecule has 2 aromatic heterocycles. The Bertz CT molecular complexity index is 930. The van der Waals surface area contributed by atoms with Crippen LogP contribution in [0.4, 0.5) is 0 Å². The van der Waals surface area contributed by atoms with Crippen molar-refractivity contribution in [2.24, 2.45) is 5.10 Å². The normalized spacial score (nSPS) is 11.0. The summed E-state index contributed by atoms with van der Waals surface area (Å²) >= 11 is 0. The number of para-hydroxylation sites is 1. The van der Waals surface area contributed by atoms with Crippen molar-refractivity contribution < 1.29 is 9.90 Å². The van der Waals surface area contributed by atoms with Crippen molar-refractivity contribution in [3.8, 4) is 11.6 Å². The van der Waals surface area contributed by atoms with E-state index in [1.807, 2.05) is 42.7 Å². The number of carbonyl (C=O) groups excluding carboxylic acids is 1. The van der Waals surface area contributed by atoms with Crippen LogP contribution in [0.15, 0.2) is 59.8 Å². The molecule has 1 amide bonds. The summed E-state index contributed by atoms with van der Waals surface area (Å²) < 4.78 is 2.02. The summed E-state index contributed by atoms with van der Waals surface area (Å²) in [6.07, 6.45) is 3.33. The lowest BCUT2D eigenvalue weighted by molar-refractivity contribution is 0.0952. The maximum absolute atomic E-state index is 12.0. The molecule has 0 spiro atoms. The summed E-state index contributed by atoms with van der Waals surface area (Å²) in [5, 5.41) is 13.7. The maximum Gasteiger partial charge on any atom is 0.275 e. The van der Waals surface area contributed by atoms with Gasteiger partial charge in [-0.25, -0.2) is 10.4 Å². The second-order valence-electron chi connectivity index (χ2n) is 5.57. The first-order valence-corrected chi connectivity index (χ1v) is 7.79. The van der Waals surface area contributed by atoms with Crippen molar-refractivity contribution in [3.63, 3.8) is 0 Å². The second-order valence-corrected chi connectivity index (χ2v) is 5.57. The fourth-order valence-corrected chi connectivity index (χ4v) is 2.64. The first-order chi connectivity index (χ1) is 12.1. The molecule has 0 radical (unpaired) electrons. The molecule has 0 bridgehead atoms. The number of carbonyl (C=O) groups is 1. The van der Waals surface area contributed by atoms with Gasteiger partial charge in [0.05, 0.1) is 11.8 Å². The van der Waals surface area contributed by atoms with Gasteiger partial charge in [0.15, 0.2) is 0 Å². The summed E-state index contributed by atoms with van der Waals surface area (Å²) in [4.78, 5) is 16.4. The largest absolute Gasteiger partial charge is 0.507 e. The van der Waals surface area contributed by atoms with Crippen LogP contribution in [-0.4, -0.2) is 26.8 Å². The van der Waals surface area contributed by atoms with Gasteiger partial charge in [0.25, 0.3) is 5.91 Å². The lowest BCUT2D eigenvalue weighted by Crippen LogP contribution is -2.17. The number of amides is 1. The third-order valence-electron chi connectivity index (χ3n) is 3.87. The summed E-state index contributed by atoms with van der Waals surface area (Å²) in [7, 11) is 0. The fourth-order valence-electron chi connectivity index (χ4n) is 2.64. The maximum atomic E-state index is 12.0. The molecule has 0 aliphatic heterocycles. The molecular formula is C19H18N4O2. The minimum absolute atomic E-state index is 0.0801. The predicted molar refractivity (Wildman–Crippen MR) is 96.2 cm³/mol. The Labute approximate surface area is 145 Å². The van der Waals surface area contributed by atoms with Gasteiger partial charge in [-0.15, -0.1) is 0 Å². The average Bonchev–Trinajstić information content (AvgIpc) is 2.89. The van der Waals surface area contributed by atoms with Crippen molar-refractivity contribution in [2.75, 3.05) is 0 Å². The van der Waals surface area contributed by atoms with Gasteiger partial charge in [-0.1, -0.05) is 18.2 Å². The number of aromatic nitrogens is 2. The standard InChI is InChI=1S/C19H18N4O2/c1-13-11-15(14(2)23(13)18-9-5-6-10-20-18)12-21-22-19(25)16-7-3-4-8-17(16)24/h3-12,24H,1-2H3,(H,22,25)/b21-12-. The molecule has 0 atom stereocenters. The Morgan fingerprint density at radius 3 is 2.68 bits per heavy atom. The third-order valence-corrected chi connectivity index (χ3v) is 3.87. The quantitative estimate of drug-likeness (QED) is 0.569. The molecule has 2 heterocycles. The van der Waals surface area contributed by atoms with Crippen LogP contribution >= 0.6 is 0 Å². The van der Waals surface area contributed by atoms with Gasteiger partial charge < -0.3 is 9.67 Å². The summed E-state index contributed by atoms with van der Waals surface area (Å²) in [5.74, 6) is 0.284.